The molecule has 2 aliphatic heterocycles. The van der Waals surface area contributed by atoms with Crippen molar-refractivity contribution in [1.29, 1.82) is 0 Å². The summed E-state index contributed by atoms with van der Waals surface area (Å²) < 4.78 is 13.6. The lowest BCUT2D eigenvalue weighted by Crippen LogP contribution is -2.46. The maximum absolute atomic E-state index is 5.50. The van der Waals surface area contributed by atoms with E-state index in [9.17, 15) is 0 Å². The second-order valence-electron chi connectivity index (χ2n) is 7.67. The zero-order chi connectivity index (χ0) is 20.3. The van der Waals surface area contributed by atoms with Gasteiger partial charge in [-0.05, 0) is 42.0 Å². The molecule has 1 saturated heterocycles. The molecule has 1 aromatic heterocycles. The van der Waals surface area contributed by atoms with E-state index >= 15 is 0 Å². The molecule has 1 fully saturated rings. The molecule has 3 heterocycles. The third-order valence-corrected chi connectivity index (χ3v) is 5.99. The minimum Gasteiger partial charge on any atom is -0.454 e. The van der Waals surface area contributed by atoms with Crippen LogP contribution in [0, 0.1) is 4.77 Å². The van der Waals surface area contributed by atoms with Gasteiger partial charge in [0.2, 0.25) is 6.79 Å². The molecule has 0 aliphatic carbocycles. The predicted octanol–water partition coefficient (Wildman–Crippen LogP) is 3.02. The first-order valence-electron chi connectivity index (χ1n) is 10.3. The van der Waals surface area contributed by atoms with Crippen LogP contribution < -0.4 is 9.47 Å². The normalized spacial score (nSPS) is 16.8. The molecular formula is C22H25N5O2S. The van der Waals surface area contributed by atoms with Crippen molar-refractivity contribution in [3.05, 3.63) is 64.7 Å². The van der Waals surface area contributed by atoms with Crippen LogP contribution in [-0.2, 0) is 13.0 Å². The average Bonchev–Trinajstić information content (AvgIpc) is 3.40. The number of nitrogens with zero attached hydrogens (tertiary/aromatic N) is 4. The van der Waals surface area contributed by atoms with Crippen LogP contribution >= 0.6 is 12.2 Å². The first-order valence-corrected chi connectivity index (χ1v) is 10.7. The van der Waals surface area contributed by atoms with Crippen molar-refractivity contribution >= 4 is 12.2 Å². The van der Waals surface area contributed by atoms with Crippen LogP contribution in [0.5, 0.6) is 11.5 Å². The number of hydrogen-bond acceptors (Lipinski definition) is 6. The number of H-pyrrole nitrogens is 1. The van der Waals surface area contributed by atoms with Crippen molar-refractivity contribution in [2.24, 2.45) is 0 Å². The zero-order valence-corrected chi connectivity index (χ0v) is 17.6. The molecule has 7 nitrogen and oxygen atoms in total. The number of ether oxygens (including phenoxy) is 2. The molecule has 0 radical (unpaired) electrons. The summed E-state index contributed by atoms with van der Waals surface area (Å²) in [6.45, 7) is 6.47. The van der Waals surface area contributed by atoms with Crippen molar-refractivity contribution in [1.82, 2.24) is 24.6 Å². The van der Waals surface area contributed by atoms with Gasteiger partial charge in [0.15, 0.2) is 16.3 Å². The van der Waals surface area contributed by atoms with Crippen LogP contribution in [0.15, 0.2) is 48.5 Å². The van der Waals surface area contributed by atoms with Crippen LogP contribution in [0.3, 0.4) is 0 Å². The highest BCUT2D eigenvalue weighted by Crippen LogP contribution is 2.32. The number of nitrogens with one attached hydrogen (secondary N) is 1. The molecule has 1 N–H and O–H groups in total. The molecule has 0 atom stereocenters. The molecule has 0 spiro atoms. The fourth-order valence-electron chi connectivity index (χ4n) is 4.07. The van der Waals surface area contributed by atoms with E-state index in [2.05, 4.69) is 44.3 Å². The number of benzene rings is 2. The first kappa shape index (κ1) is 19.3. The molecule has 2 aliphatic rings. The molecule has 5 rings (SSSR count). The smallest absolute Gasteiger partial charge is 0.231 e. The number of aromatic nitrogens is 3. The lowest BCUT2D eigenvalue weighted by Gasteiger charge is -2.34. The SMILES string of the molecule is S=c1[nH]nc(CCN2CCN(Cc3ccc4c(c3)OCO4)CC2)n1-c1ccccc1. The molecule has 8 heteroatoms. The Morgan fingerprint density at radius 1 is 0.933 bits per heavy atom. The van der Waals surface area contributed by atoms with E-state index in [1.165, 1.54) is 5.56 Å². The third kappa shape index (κ3) is 4.12. The summed E-state index contributed by atoms with van der Waals surface area (Å²) in [4.78, 5) is 5.00. The van der Waals surface area contributed by atoms with Crippen molar-refractivity contribution in [3.63, 3.8) is 0 Å². The summed E-state index contributed by atoms with van der Waals surface area (Å²) >= 11 is 5.44. The van der Waals surface area contributed by atoms with Crippen LogP contribution in [0.25, 0.3) is 5.69 Å². The van der Waals surface area contributed by atoms with Gasteiger partial charge in [-0.15, -0.1) is 0 Å². The number of hydrogen-bond donors (Lipinski definition) is 1. The van der Waals surface area contributed by atoms with Crippen LogP contribution in [0.1, 0.15) is 11.4 Å². The maximum atomic E-state index is 5.50. The summed E-state index contributed by atoms with van der Waals surface area (Å²) in [7, 11) is 0. The van der Waals surface area contributed by atoms with E-state index in [0.717, 1.165) is 68.7 Å². The number of para-hydroxylation sites is 1. The van der Waals surface area contributed by atoms with Gasteiger partial charge in [-0.3, -0.25) is 14.6 Å². The van der Waals surface area contributed by atoms with Crippen molar-refractivity contribution in [2.45, 2.75) is 13.0 Å². The standard InChI is InChI=1S/C22H25N5O2S/c30-22-24-23-21(27(22)18-4-2-1-3-5-18)8-9-25-10-12-26(13-11-25)15-17-6-7-19-20(14-17)29-16-28-19/h1-7,14H,8-13,15-16H2,(H,24,30). The van der Waals surface area contributed by atoms with Gasteiger partial charge >= 0.3 is 0 Å². The third-order valence-electron chi connectivity index (χ3n) is 5.72. The molecule has 0 amide bonds. The number of piperazine rings is 1. The number of fused-ring (bicyclic) bond motifs is 1. The van der Waals surface area contributed by atoms with Gasteiger partial charge in [0, 0.05) is 51.4 Å². The minimum absolute atomic E-state index is 0.324. The van der Waals surface area contributed by atoms with Gasteiger partial charge < -0.3 is 14.4 Å². The van der Waals surface area contributed by atoms with Gasteiger partial charge in [-0.25, -0.2) is 0 Å². The van der Waals surface area contributed by atoms with Crippen LogP contribution in [-0.4, -0.2) is 64.1 Å². The highest BCUT2D eigenvalue weighted by molar-refractivity contribution is 7.71. The molecule has 0 unspecified atom stereocenters. The summed E-state index contributed by atoms with van der Waals surface area (Å²) in [5.41, 5.74) is 2.32. The summed E-state index contributed by atoms with van der Waals surface area (Å²) in [5.74, 6) is 2.68. The molecule has 30 heavy (non-hydrogen) atoms. The minimum atomic E-state index is 0.324. The van der Waals surface area contributed by atoms with Crippen molar-refractivity contribution in [3.8, 4) is 17.2 Å². The van der Waals surface area contributed by atoms with Gasteiger partial charge in [-0.1, -0.05) is 24.3 Å². The molecule has 0 bridgehead atoms. The Hall–Kier alpha value is -2.68. The topological polar surface area (TPSA) is 58.6 Å². The zero-order valence-electron chi connectivity index (χ0n) is 16.8. The van der Waals surface area contributed by atoms with Gasteiger partial charge in [0.05, 0.1) is 0 Å². The summed E-state index contributed by atoms with van der Waals surface area (Å²) in [6.07, 6.45) is 0.865. The fourth-order valence-corrected chi connectivity index (χ4v) is 4.32. The number of aromatic amines is 1. The van der Waals surface area contributed by atoms with Gasteiger partial charge in [-0.2, -0.15) is 5.10 Å². The molecular weight excluding hydrogens is 398 g/mol. The Morgan fingerprint density at radius 3 is 2.53 bits per heavy atom. The maximum Gasteiger partial charge on any atom is 0.231 e. The predicted molar refractivity (Wildman–Crippen MR) is 117 cm³/mol. The van der Waals surface area contributed by atoms with E-state index < -0.39 is 0 Å². The van der Waals surface area contributed by atoms with E-state index in [-0.39, 0.29) is 0 Å². The Morgan fingerprint density at radius 2 is 1.70 bits per heavy atom. The molecule has 0 saturated carbocycles. The van der Waals surface area contributed by atoms with Crippen LogP contribution in [0.4, 0.5) is 0 Å². The quantitative estimate of drug-likeness (QED) is 0.615. The Kier molecular flexibility index (Phi) is 5.52. The Bertz CT molecular complexity index is 1060. The van der Waals surface area contributed by atoms with Gasteiger partial charge in [0.1, 0.15) is 5.82 Å². The lowest BCUT2D eigenvalue weighted by molar-refractivity contribution is 0.127. The Labute approximate surface area is 180 Å². The second-order valence-corrected chi connectivity index (χ2v) is 8.06. The van der Waals surface area contributed by atoms with E-state index in [4.69, 9.17) is 21.7 Å². The highest BCUT2D eigenvalue weighted by Gasteiger charge is 2.19. The Balaban J connectivity index is 1.15. The average molecular weight is 424 g/mol. The van der Waals surface area contributed by atoms with E-state index in [0.29, 0.717) is 11.6 Å². The largest absolute Gasteiger partial charge is 0.454 e. The van der Waals surface area contributed by atoms with Crippen molar-refractivity contribution in [2.75, 3.05) is 39.5 Å². The highest BCUT2D eigenvalue weighted by atomic mass is 32.1. The van der Waals surface area contributed by atoms with E-state index in [1.54, 1.807) is 0 Å². The van der Waals surface area contributed by atoms with Gasteiger partial charge in [0.25, 0.3) is 0 Å². The molecule has 3 aromatic rings. The number of rotatable bonds is 6. The molecule has 156 valence electrons. The van der Waals surface area contributed by atoms with Crippen LogP contribution in [0.2, 0.25) is 0 Å². The molecule has 2 aromatic carbocycles. The second kappa shape index (κ2) is 8.59. The first-order chi connectivity index (χ1) is 14.8. The lowest BCUT2D eigenvalue weighted by atomic mass is 10.1. The monoisotopic (exact) mass is 423 g/mol. The summed E-state index contributed by atoms with van der Waals surface area (Å²) in [6, 6.07) is 16.4. The summed E-state index contributed by atoms with van der Waals surface area (Å²) in [5, 5.41) is 7.41. The van der Waals surface area contributed by atoms with E-state index in [1.807, 2.05) is 28.8 Å². The van der Waals surface area contributed by atoms with Crippen molar-refractivity contribution < 1.29 is 9.47 Å². The fraction of sp³-hybridized carbons (Fsp3) is 0.364.